The van der Waals surface area contributed by atoms with E-state index in [1.807, 2.05) is 0 Å². The predicted octanol–water partition coefficient (Wildman–Crippen LogP) is 2.35. The first-order valence-corrected chi connectivity index (χ1v) is 6.19. The van der Waals surface area contributed by atoms with Gasteiger partial charge in [-0.05, 0) is 18.2 Å². The van der Waals surface area contributed by atoms with Crippen molar-refractivity contribution in [1.29, 1.82) is 0 Å². The molecule has 0 spiro atoms. The van der Waals surface area contributed by atoms with Gasteiger partial charge < -0.3 is 10.1 Å². The number of nitrogens with one attached hydrogen (secondary N) is 1. The molecule has 1 aliphatic rings. The fourth-order valence-corrected chi connectivity index (χ4v) is 2.19. The maximum atomic E-state index is 12.3. The second kappa shape index (κ2) is 6.31. The van der Waals surface area contributed by atoms with E-state index in [0.717, 1.165) is 26.2 Å². The van der Waals surface area contributed by atoms with Gasteiger partial charge in [0, 0.05) is 43.3 Å². The number of rotatable bonds is 4. The topological polar surface area (TPSA) is 24.5 Å². The predicted molar refractivity (Wildman–Crippen MR) is 66.2 cm³/mol. The summed E-state index contributed by atoms with van der Waals surface area (Å²) in [5.74, 6) is 0.202. The smallest absolute Gasteiger partial charge is 0.387 e. The summed E-state index contributed by atoms with van der Waals surface area (Å²) >= 11 is 5.90. The van der Waals surface area contributed by atoms with Crippen molar-refractivity contribution >= 4 is 11.6 Å². The van der Waals surface area contributed by atoms with Crippen molar-refractivity contribution in [3.05, 3.63) is 28.8 Å². The molecule has 0 aromatic heterocycles. The Morgan fingerprint density at radius 3 is 2.72 bits per heavy atom. The van der Waals surface area contributed by atoms with Gasteiger partial charge in [-0.15, -0.1) is 0 Å². The Balaban J connectivity index is 2.10. The van der Waals surface area contributed by atoms with Crippen LogP contribution < -0.4 is 10.1 Å². The third-order valence-corrected chi connectivity index (χ3v) is 3.08. The average molecular weight is 277 g/mol. The van der Waals surface area contributed by atoms with E-state index >= 15 is 0 Å². The van der Waals surface area contributed by atoms with E-state index in [0.29, 0.717) is 17.1 Å². The molecule has 1 saturated heterocycles. The van der Waals surface area contributed by atoms with E-state index in [-0.39, 0.29) is 5.75 Å². The van der Waals surface area contributed by atoms with Gasteiger partial charge in [0.25, 0.3) is 0 Å². The Kier molecular flexibility index (Phi) is 4.74. The molecule has 1 N–H and O–H groups in total. The summed E-state index contributed by atoms with van der Waals surface area (Å²) in [4.78, 5) is 2.18. The number of alkyl halides is 2. The van der Waals surface area contributed by atoms with Crippen molar-refractivity contribution in [1.82, 2.24) is 10.2 Å². The SMILES string of the molecule is FC(F)Oc1ccc(Cl)cc1CN1CCNCC1. The average Bonchev–Trinajstić information content (AvgIpc) is 2.33. The van der Waals surface area contributed by atoms with Gasteiger partial charge in [0.05, 0.1) is 0 Å². The molecule has 0 atom stereocenters. The van der Waals surface area contributed by atoms with Crippen molar-refractivity contribution in [2.45, 2.75) is 13.2 Å². The number of ether oxygens (including phenoxy) is 1. The molecule has 1 aliphatic heterocycles. The molecule has 1 heterocycles. The van der Waals surface area contributed by atoms with Gasteiger partial charge in [-0.2, -0.15) is 8.78 Å². The van der Waals surface area contributed by atoms with Crippen molar-refractivity contribution in [2.75, 3.05) is 26.2 Å². The Labute approximate surface area is 110 Å². The van der Waals surface area contributed by atoms with E-state index in [1.54, 1.807) is 12.1 Å². The van der Waals surface area contributed by atoms with Gasteiger partial charge >= 0.3 is 6.61 Å². The summed E-state index contributed by atoms with van der Waals surface area (Å²) in [6.07, 6.45) is 0. The van der Waals surface area contributed by atoms with Crippen molar-refractivity contribution in [3.63, 3.8) is 0 Å². The molecule has 0 unspecified atom stereocenters. The van der Waals surface area contributed by atoms with E-state index in [9.17, 15) is 8.78 Å². The third-order valence-electron chi connectivity index (χ3n) is 2.84. The molecule has 18 heavy (non-hydrogen) atoms. The lowest BCUT2D eigenvalue weighted by Crippen LogP contribution is -2.42. The van der Waals surface area contributed by atoms with E-state index < -0.39 is 6.61 Å². The number of nitrogens with zero attached hydrogens (tertiary/aromatic N) is 1. The molecule has 3 nitrogen and oxygen atoms in total. The number of hydrogen-bond acceptors (Lipinski definition) is 3. The van der Waals surface area contributed by atoms with E-state index in [4.69, 9.17) is 11.6 Å². The standard InChI is InChI=1S/C12H15ClF2N2O/c13-10-1-2-11(18-12(14)15)9(7-10)8-17-5-3-16-4-6-17/h1-2,7,12,16H,3-6,8H2. The van der Waals surface area contributed by atoms with Crippen LogP contribution >= 0.6 is 11.6 Å². The van der Waals surface area contributed by atoms with Crippen LogP contribution in [0.4, 0.5) is 8.78 Å². The molecule has 6 heteroatoms. The van der Waals surface area contributed by atoms with Gasteiger partial charge in [-0.3, -0.25) is 4.90 Å². The Hall–Kier alpha value is -0.910. The summed E-state index contributed by atoms with van der Waals surface area (Å²) in [6.45, 7) is 1.36. The van der Waals surface area contributed by atoms with Crippen LogP contribution in [0.3, 0.4) is 0 Å². The van der Waals surface area contributed by atoms with Crippen molar-refractivity contribution < 1.29 is 13.5 Å². The normalized spacial score (nSPS) is 17.1. The lowest BCUT2D eigenvalue weighted by atomic mass is 10.1. The van der Waals surface area contributed by atoms with Crippen LogP contribution in [-0.2, 0) is 6.54 Å². The van der Waals surface area contributed by atoms with Crippen LogP contribution in [0.5, 0.6) is 5.75 Å². The molecule has 1 aromatic carbocycles. The van der Waals surface area contributed by atoms with Crippen LogP contribution in [0.2, 0.25) is 5.02 Å². The number of hydrogen-bond donors (Lipinski definition) is 1. The van der Waals surface area contributed by atoms with Crippen LogP contribution in [0.1, 0.15) is 5.56 Å². The first-order chi connectivity index (χ1) is 8.65. The summed E-state index contributed by atoms with van der Waals surface area (Å²) < 4.78 is 29.1. The molecule has 1 fully saturated rings. The highest BCUT2D eigenvalue weighted by Gasteiger charge is 2.15. The van der Waals surface area contributed by atoms with Crippen molar-refractivity contribution in [2.24, 2.45) is 0 Å². The molecule has 0 saturated carbocycles. The summed E-state index contributed by atoms with van der Waals surface area (Å²) in [7, 11) is 0. The minimum Gasteiger partial charge on any atom is -0.434 e. The second-order valence-electron chi connectivity index (χ2n) is 4.16. The zero-order valence-corrected chi connectivity index (χ0v) is 10.6. The minimum atomic E-state index is -2.81. The van der Waals surface area contributed by atoms with Crippen LogP contribution in [0, 0.1) is 0 Å². The van der Waals surface area contributed by atoms with Crippen molar-refractivity contribution in [3.8, 4) is 5.75 Å². The summed E-state index contributed by atoms with van der Waals surface area (Å²) in [6, 6.07) is 4.73. The lowest BCUT2D eigenvalue weighted by Gasteiger charge is -2.27. The Morgan fingerprint density at radius 2 is 2.06 bits per heavy atom. The first kappa shape index (κ1) is 13.5. The molecule has 2 rings (SSSR count). The molecule has 100 valence electrons. The fourth-order valence-electron chi connectivity index (χ4n) is 1.99. The van der Waals surface area contributed by atoms with Crippen LogP contribution in [-0.4, -0.2) is 37.7 Å². The molecule has 0 bridgehead atoms. The molecule has 1 aromatic rings. The highest BCUT2D eigenvalue weighted by atomic mass is 35.5. The molecule has 0 radical (unpaired) electrons. The van der Waals surface area contributed by atoms with Gasteiger partial charge in [-0.1, -0.05) is 11.6 Å². The van der Waals surface area contributed by atoms with Gasteiger partial charge in [0.2, 0.25) is 0 Å². The van der Waals surface area contributed by atoms with E-state index in [1.165, 1.54) is 6.07 Å². The summed E-state index contributed by atoms with van der Waals surface area (Å²) in [5.41, 5.74) is 0.699. The maximum absolute atomic E-state index is 12.3. The van der Waals surface area contributed by atoms with E-state index in [2.05, 4.69) is 15.0 Å². The third kappa shape index (κ3) is 3.80. The molecule has 0 aliphatic carbocycles. The maximum Gasteiger partial charge on any atom is 0.387 e. The van der Waals surface area contributed by atoms with Gasteiger partial charge in [0.15, 0.2) is 0 Å². The number of halogens is 3. The van der Waals surface area contributed by atoms with Gasteiger partial charge in [0.1, 0.15) is 5.75 Å². The molecular weight excluding hydrogens is 262 g/mol. The van der Waals surface area contributed by atoms with Crippen LogP contribution in [0.15, 0.2) is 18.2 Å². The zero-order chi connectivity index (χ0) is 13.0. The fraction of sp³-hybridized carbons (Fsp3) is 0.500. The largest absolute Gasteiger partial charge is 0.434 e. The second-order valence-corrected chi connectivity index (χ2v) is 4.59. The Bertz CT molecular complexity index is 398. The van der Waals surface area contributed by atoms with Gasteiger partial charge in [-0.25, -0.2) is 0 Å². The molecule has 0 amide bonds. The quantitative estimate of drug-likeness (QED) is 0.914. The first-order valence-electron chi connectivity index (χ1n) is 5.81. The lowest BCUT2D eigenvalue weighted by molar-refractivity contribution is -0.0508. The highest BCUT2D eigenvalue weighted by Crippen LogP contribution is 2.25. The zero-order valence-electron chi connectivity index (χ0n) is 9.83. The number of piperazine rings is 1. The van der Waals surface area contributed by atoms with Crippen LogP contribution in [0.25, 0.3) is 0 Å². The summed E-state index contributed by atoms with van der Waals surface area (Å²) in [5, 5.41) is 3.77. The minimum absolute atomic E-state index is 0.202. The monoisotopic (exact) mass is 276 g/mol. The highest BCUT2D eigenvalue weighted by molar-refractivity contribution is 6.30. The number of benzene rings is 1. The molecular formula is C12H15ClF2N2O. The Morgan fingerprint density at radius 1 is 1.33 bits per heavy atom.